The third-order valence-electron chi connectivity index (χ3n) is 5.66. The summed E-state index contributed by atoms with van der Waals surface area (Å²) in [5.41, 5.74) is 3.36. The van der Waals surface area contributed by atoms with E-state index in [0.29, 0.717) is 13.2 Å². The average molecular weight is 447 g/mol. The van der Waals surface area contributed by atoms with E-state index in [1.807, 2.05) is 19.1 Å². The number of morpholine rings is 1. The minimum absolute atomic E-state index is 0.102. The molecule has 1 fully saturated rings. The molecule has 7 heteroatoms. The Hall–Kier alpha value is -1.93. The molecule has 170 valence electrons. The summed E-state index contributed by atoms with van der Waals surface area (Å²) in [4.78, 5) is 2.36. The first kappa shape index (κ1) is 23.7. The normalized spacial score (nSPS) is 16.4. The van der Waals surface area contributed by atoms with Crippen LogP contribution in [0.5, 0.6) is 5.75 Å². The molecule has 2 aromatic rings. The van der Waals surface area contributed by atoms with Crippen molar-refractivity contribution in [1.29, 1.82) is 0 Å². The van der Waals surface area contributed by atoms with E-state index in [-0.39, 0.29) is 5.92 Å². The van der Waals surface area contributed by atoms with Gasteiger partial charge in [-0.1, -0.05) is 43.3 Å². The van der Waals surface area contributed by atoms with Crippen LogP contribution in [0.3, 0.4) is 0 Å². The van der Waals surface area contributed by atoms with Crippen molar-refractivity contribution in [1.82, 2.24) is 9.62 Å². The van der Waals surface area contributed by atoms with Gasteiger partial charge in [-0.25, -0.2) is 13.1 Å². The van der Waals surface area contributed by atoms with E-state index in [2.05, 4.69) is 46.0 Å². The highest BCUT2D eigenvalue weighted by atomic mass is 32.2. The van der Waals surface area contributed by atoms with Crippen molar-refractivity contribution in [2.24, 2.45) is 0 Å². The van der Waals surface area contributed by atoms with Gasteiger partial charge in [0.05, 0.1) is 18.5 Å². The Kier molecular flexibility index (Phi) is 8.49. The van der Waals surface area contributed by atoms with E-state index in [0.717, 1.165) is 55.3 Å². The molecule has 0 aliphatic carbocycles. The molecule has 2 aromatic carbocycles. The molecule has 3 rings (SSSR count). The summed E-state index contributed by atoms with van der Waals surface area (Å²) in [6, 6.07) is 16.4. The maximum Gasteiger partial charge on any atom is 0.213 e. The maximum absolute atomic E-state index is 12.0. The van der Waals surface area contributed by atoms with Crippen LogP contribution in [-0.2, 0) is 14.8 Å². The molecule has 1 aliphatic heterocycles. The van der Waals surface area contributed by atoms with Crippen molar-refractivity contribution >= 4 is 10.0 Å². The highest BCUT2D eigenvalue weighted by Gasteiger charge is 2.17. The molecule has 1 N–H and O–H groups in total. The minimum atomic E-state index is -3.24. The van der Waals surface area contributed by atoms with E-state index in [1.165, 1.54) is 0 Å². The van der Waals surface area contributed by atoms with Gasteiger partial charge in [-0.05, 0) is 48.6 Å². The predicted molar refractivity (Wildman–Crippen MR) is 125 cm³/mol. The second-order valence-electron chi connectivity index (χ2n) is 8.29. The van der Waals surface area contributed by atoms with Gasteiger partial charge in [-0.3, -0.25) is 4.90 Å². The summed E-state index contributed by atoms with van der Waals surface area (Å²) < 4.78 is 37.8. The van der Waals surface area contributed by atoms with Gasteiger partial charge in [-0.2, -0.15) is 0 Å². The first-order chi connectivity index (χ1) is 14.8. The minimum Gasteiger partial charge on any atom is -0.492 e. The molecule has 0 amide bonds. The van der Waals surface area contributed by atoms with E-state index >= 15 is 0 Å². The van der Waals surface area contributed by atoms with Crippen LogP contribution >= 0.6 is 0 Å². The van der Waals surface area contributed by atoms with Crippen LogP contribution in [0.15, 0.2) is 48.5 Å². The zero-order chi connectivity index (χ0) is 22.3. The lowest BCUT2D eigenvalue weighted by Gasteiger charge is -2.26. The Balaban J connectivity index is 1.51. The molecular formula is C24H34N2O4S. The fraction of sp³-hybridized carbons (Fsp3) is 0.500. The summed E-state index contributed by atoms with van der Waals surface area (Å²) in [5, 5.41) is -0.423. The van der Waals surface area contributed by atoms with Crippen molar-refractivity contribution in [2.45, 2.75) is 31.9 Å². The molecule has 0 bridgehead atoms. The lowest BCUT2D eigenvalue weighted by atomic mass is 9.98. The van der Waals surface area contributed by atoms with Crippen molar-refractivity contribution in [3.8, 4) is 16.9 Å². The third kappa shape index (κ3) is 7.04. The van der Waals surface area contributed by atoms with Crippen LogP contribution < -0.4 is 9.46 Å². The van der Waals surface area contributed by atoms with E-state index in [4.69, 9.17) is 9.47 Å². The van der Waals surface area contributed by atoms with Gasteiger partial charge < -0.3 is 9.47 Å². The van der Waals surface area contributed by atoms with Crippen LogP contribution in [-0.4, -0.2) is 64.6 Å². The molecule has 6 nitrogen and oxygen atoms in total. The smallest absolute Gasteiger partial charge is 0.213 e. The number of benzene rings is 2. The molecule has 1 aliphatic rings. The van der Waals surface area contributed by atoms with Gasteiger partial charge in [0.2, 0.25) is 10.0 Å². The molecule has 1 atom stereocenters. The summed E-state index contributed by atoms with van der Waals surface area (Å²) in [6.45, 7) is 10.9. The zero-order valence-corrected chi connectivity index (χ0v) is 19.5. The van der Waals surface area contributed by atoms with Crippen molar-refractivity contribution < 1.29 is 17.9 Å². The highest BCUT2D eigenvalue weighted by Crippen LogP contribution is 2.25. The van der Waals surface area contributed by atoms with Crippen LogP contribution in [0, 0.1) is 0 Å². The Morgan fingerprint density at radius 3 is 2.13 bits per heavy atom. The Bertz CT molecular complexity index is 906. The fourth-order valence-electron chi connectivity index (χ4n) is 3.39. The monoisotopic (exact) mass is 446 g/mol. The predicted octanol–water partition coefficient (Wildman–Crippen LogP) is 3.50. The molecule has 31 heavy (non-hydrogen) atoms. The Morgan fingerprint density at radius 2 is 1.55 bits per heavy atom. The number of hydrogen-bond donors (Lipinski definition) is 1. The number of nitrogens with one attached hydrogen (secondary N) is 1. The maximum atomic E-state index is 12.0. The van der Waals surface area contributed by atoms with E-state index in [1.54, 1.807) is 13.8 Å². The molecular weight excluding hydrogens is 412 g/mol. The average Bonchev–Trinajstić information content (AvgIpc) is 2.79. The molecule has 0 saturated carbocycles. The van der Waals surface area contributed by atoms with Crippen molar-refractivity contribution in [3.63, 3.8) is 0 Å². The quantitative estimate of drug-likeness (QED) is 0.605. The summed E-state index contributed by atoms with van der Waals surface area (Å²) in [6.07, 6.45) is 0. The number of hydrogen-bond acceptors (Lipinski definition) is 5. The molecule has 1 saturated heterocycles. The number of ether oxygens (including phenoxy) is 2. The topological polar surface area (TPSA) is 67.9 Å². The standard InChI is InChI=1S/C24H34N2O4S/c1-19(2)31(27,28)25-18-20(3)21-4-6-22(7-5-21)23-8-10-24(11-9-23)30-17-14-26-12-15-29-16-13-26/h4-11,19-20,25H,12-18H2,1-3H3. The van der Waals surface area contributed by atoms with Crippen LogP contribution in [0.2, 0.25) is 0 Å². The third-order valence-corrected chi connectivity index (χ3v) is 7.47. The zero-order valence-electron chi connectivity index (χ0n) is 18.7. The van der Waals surface area contributed by atoms with Gasteiger partial charge in [0.1, 0.15) is 12.4 Å². The highest BCUT2D eigenvalue weighted by molar-refractivity contribution is 7.90. The van der Waals surface area contributed by atoms with Crippen LogP contribution in [0.4, 0.5) is 0 Å². The first-order valence-corrected chi connectivity index (χ1v) is 12.5. The SMILES string of the molecule is CC(CNS(=O)(=O)C(C)C)c1ccc(-c2ccc(OCCN3CCOCC3)cc2)cc1. The number of nitrogens with zero attached hydrogens (tertiary/aromatic N) is 1. The second kappa shape index (κ2) is 11.1. The molecule has 0 radical (unpaired) electrons. The largest absolute Gasteiger partial charge is 0.492 e. The van der Waals surface area contributed by atoms with Crippen molar-refractivity contribution in [2.75, 3.05) is 46.0 Å². The van der Waals surface area contributed by atoms with Crippen molar-refractivity contribution in [3.05, 3.63) is 54.1 Å². The number of rotatable bonds is 10. The van der Waals surface area contributed by atoms with Crippen LogP contribution in [0.1, 0.15) is 32.3 Å². The van der Waals surface area contributed by atoms with Gasteiger partial charge in [0, 0.05) is 26.2 Å². The molecule has 0 aromatic heterocycles. The summed E-state index contributed by atoms with van der Waals surface area (Å²) >= 11 is 0. The second-order valence-corrected chi connectivity index (χ2v) is 10.6. The van der Waals surface area contributed by atoms with Gasteiger partial charge in [0.25, 0.3) is 0 Å². The Labute approximate surface area is 186 Å². The summed E-state index contributed by atoms with van der Waals surface area (Å²) in [7, 11) is -3.24. The molecule has 1 unspecified atom stereocenters. The van der Waals surface area contributed by atoms with Gasteiger partial charge in [0.15, 0.2) is 0 Å². The number of sulfonamides is 1. The fourth-order valence-corrected chi connectivity index (χ4v) is 4.21. The lowest BCUT2D eigenvalue weighted by Crippen LogP contribution is -2.38. The molecule has 1 heterocycles. The lowest BCUT2D eigenvalue weighted by molar-refractivity contribution is 0.0322. The summed E-state index contributed by atoms with van der Waals surface area (Å²) in [5.74, 6) is 0.976. The van der Waals surface area contributed by atoms with E-state index in [9.17, 15) is 8.42 Å². The first-order valence-electron chi connectivity index (χ1n) is 11.0. The van der Waals surface area contributed by atoms with Gasteiger partial charge in [-0.15, -0.1) is 0 Å². The molecule has 0 spiro atoms. The van der Waals surface area contributed by atoms with E-state index < -0.39 is 15.3 Å². The van der Waals surface area contributed by atoms with Gasteiger partial charge >= 0.3 is 0 Å². The van der Waals surface area contributed by atoms with Crippen LogP contribution in [0.25, 0.3) is 11.1 Å². The Morgan fingerprint density at radius 1 is 0.968 bits per heavy atom.